The summed E-state index contributed by atoms with van der Waals surface area (Å²) >= 11 is 0. The summed E-state index contributed by atoms with van der Waals surface area (Å²) in [6, 6.07) is -0.636. The molecule has 0 radical (unpaired) electrons. The van der Waals surface area contributed by atoms with Gasteiger partial charge in [-0.05, 0) is 32.1 Å². The Morgan fingerprint density at radius 3 is 1.05 bits per heavy atom. The topological polar surface area (TPSA) is 95.9 Å². The Kier molecular flexibility index (Phi) is 54.0. The van der Waals surface area contributed by atoms with Crippen molar-refractivity contribution < 1.29 is 24.5 Å². The van der Waals surface area contributed by atoms with Crippen molar-refractivity contribution in [3.05, 3.63) is 12.2 Å². The summed E-state index contributed by atoms with van der Waals surface area (Å²) in [6.07, 6.45) is 65.2. The number of allylic oxidation sites excluding steroid dienone is 1. The number of aliphatic hydroxyl groups is 2. The number of esters is 1. The highest BCUT2D eigenvalue weighted by atomic mass is 16.5. The Hall–Kier alpha value is -1.40. The lowest BCUT2D eigenvalue weighted by Gasteiger charge is -2.20. The van der Waals surface area contributed by atoms with Gasteiger partial charge in [-0.1, -0.05) is 296 Å². The summed E-state index contributed by atoms with van der Waals surface area (Å²) in [4.78, 5) is 24.6. The van der Waals surface area contributed by atoms with Gasteiger partial charge in [0.05, 0.1) is 25.4 Å². The molecule has 0 bridgehead atoms. The van der Waals surface area contributed by atoms with E-state index in [1.165, 1.54) is 244 Å². The van der Waals surface area contributed by atoms with E-state index in [0.717, 1.165) is 57.8 Å². The molecule has 6 nitrogen and oxygen atoms in total. The van der Waals surface area contributed by atoms with Gasteiger partial charge < -0.3 is 20.3 Å². The minimum absolute atomic E-state index is 0.00145. The van der Waals surface area contributed by atoms with Crippen molar-refractivity contribution in [2.75, 3.05) is 13.2 Å². The van der Waals surface area contributed by atoms with Crippen LogP contribution in [0, 0.1) is 0 Å². The van der Waals surface area contributed by atoms with Crippen LogP contribution in [-0.2, 0) is 14.3 Å². The van der Waals surface area contributed by atoms with Crippen LogP contribution in [0.3, 0.4) is 0 Å². The van der Waals surface area contributed by atoms with Crippen molar-refractivity contribution in [1.82, 2.24) is 5.32 Å². The average Bonchev–Trinajstić information content (AvgIpc) is 3.31. The molecule has 2 unspecified atom stereocenters. The van der Waals surface area contributed by atoms with Crippen LogP contribution in [0.1, 0.15) is 328 Å². The second-order valence-corrected chi connectivity index (χ2v) is 20.3. The zero-order valence-electron chi connectivity index (χ0n) is 44.0. The summed E-state index contributed by atoms with van der Waals surface area (Å²) in [7, 11) is 0. The van der Waals surface area contributed by atoms with Crippen LogP contribution in [-0.4, -0.2) is 47.4 Å². The van der Waals surface area contributed by atoms with E-state index in [-0.39, 0.29) is 18.5 Å². The first-order valence-corrected chi connectivity index (χ1v) is 29.5. The predicted molar refractivity (Wildman–Crippen MR) is 283 cm³/mol. The maximum absolute atomic E-state index is 12.5. The van der Waals surface area contributed by atoms with E-state index in [2.05, 4.69) is 19.2 Å². The first-order valence-electron chi connectivity index (χ1n) is 29.5. The summed E-state index contributed by atoms with van der Waals surface area (Å²) in [5.41, 5.74) is 0. The van der Waals surface area contributed by atoms with Crippen molar-refractivity contribution in [3.63, 3.8) is 0 Å². The summed E-state index contributed by atoms with van der Waals surface area (Å²) in [5.74, 6) is -0.0795. The zero-order valence-corrected chi connectivity index (χ0v) is 44.0. The number of carbonyl (C=O) groups excluding carboxylic acids is 2. The molecule has 0 aliphatic rings. The molecule has 0 saturated heterocycles. The number of unbranched alkanes of at least 4 members (excludes halogenated alkanes) is 44. The fourth-order valence-electron chi connectivity index (χ4n) is 9.28. The van der Waals surface area contributed by atoms with Gasteiger partial charge in [0.1, 0.15) is 0 Å². The van der Waals surface area contributed by atoms with Crippen LogP contribution in [0.2, 0.25) is 0 Å². The minimum Gasteiger partial charge on any atom is -0.466 e. The van der Waals surface area contributed by atoms with Crippen molar-refractivity contribution in [2.45, 2.75) is 341 Å². The van der Waals surface area contributed by atoms with Gasteiger partial charge in [0.2, 0.25) is 5.91 Å². The smallest absolute Gasteiger partial charge is 0.305 e. The van der Waals surface area contributed by atoms with Crippen LogP contribution >= 0.6 is 0 Å². The standard InChI is InChI=1S/C59H115NO5/c1-3-5-7-9-11-13-15-17-19-21-22-23-25-29-33-37-41-45-49-53-59(64)65-54-50-46-42-38-34-30-26-28-32-36-40-44-48-52-58(63)60-56(55-61)57(62)51-47-43-39-35-31-27-24-20-18-16-14-12-10-8-6-4-2/h47,51,56-57,61-62H,3-46,48-50,52-55H2,1-2H3,(H,60,63)/b51-47+. The molecule has 0 saturated carbocycles. The van der Waals surface area contributed by atoms with Gasteiger partial charge in [0.25, 0.3) is 0 Å². The molecular weight excluding hydrogens is 803 g/mol. The molecule has 1 amide bonds. The van der Waals surface area contributed by atoms with Gasteiger partial charge >= 0.3 is 5.97 Å². The van der Waals surface area contributed by atoms with Crippen LogP contribution in [0.4, 0.5) is 0 Å². The minimum atomic E-state index is -0.852. The molecule has 6 heteroatoms. The maximum atomic E-state index is 12.5. The van der Waals surface area contributed by atoms with E-state index in [1.807, 2.05) is 6.08 Å². The highest BCUT2D eigenvalue weighted by molar-refractivity contribution is 5.76. The van der Waals surface area contributed by atoms with Gasteiger partial charge in [-0.25, -0.2) is 0 Å². The first kappa shape index (κ1) is 63.6. The monoisotopic (exact) mass is 918 g/mol. The van der Waals surface area contributed by atoms with Gasteiger partial charge in [-0.15, -0.1) is 0 Å². The number of amides is 1. The van der Waals surface area contributed by atoms with Crippen LogP contribution in [0.25, 0.3) is 0 Å². The Morgan fingerprint density at radius 1 is 0.415 bits per heavy atom. The Bertz CT molecular complexity index is 970. The predicted octanol–water partition coefficient (Wildman–Crippen LogP) is 18.1. The average molecular weight is 919 g/mol. The van der Waals surface area contributed by atoms with Crippen molar-refractivity contribution in [3.8, 4) is 0 Å². The lowest BCUT2D eigenvalue weighted by Crippen LogP contribution is -2.45. The Morgan fingerprint density at radius 2 is 0.708 bits per heavy atom. The van der Waals surface area contributed by atoms with Crippen LogP contribution < -0.4 is 5.32 Å². The molecule has 0 aliphatic carbocycles. The third-order valence-corrected chi connectivity index (χ3v) is 13.8. The van der Waals surface area contributed by atoms with Crippen molar-refractivity contribution >= 4 is 11.9 Å². The van der Waals surface area contributed by atoms with E-state index in [0.29, 0.717) is 19.4 Å². The van der Waals surface area contributed by atoms with Crippen LogP contribution in [0.15, 0.2) is 12.2 Å². The fraction of sp³-hybridized carbons (Fsp3) is 0.932. The van der Waals surface area contributed by atoms with Crippen LogP contribution in [0.5, 0.6) is 0 Å². The molecule has 0 aromatic carbocycles. The lowest BCUT2D eigenvalue weighted by atomic mass is 10.0. The number of hydrogen-bond donors (Lipinski definition) is 3. The van der Waals surface area contributed by atoms with E-state index < -0.39 is 12.1 Å². The second-order valence-electron chi connectivity index (χ2n) is 20.3. The third-order valence-electron chi connectivity index (χ3n) is 13.8. The SMILES string of the molecule is CCCCCCCCCCCCCCCC/C=C/C(O)C(CO)NC(=O)CCCCCCCCCCCCCCCOC(=O)CCCCCCCCCCCCCCCCCCCCC. The van der Waals surface area contributed by atoms with Gasteiger partial charge in [-0.3, -0.25) is 9.59 Å². The lowest BCUT2D eigenvalue weighted by molar-refractivity contribution is -0.143. The van der Waals surface area contributed by atoms with Gasteiger partial charge in [0.15, 0.2) is 0 Å². The molecule has 3 N–H and O–H groups in total. The maximum Gasteiger partial charge on any atom is 0.305 e. The molecule has 0 heterocycles. The normalized spacial score (nSPS) is 12.6. The summed E-state index contributed by atoms with van der Waals surface area (Å²) in [6.45, 7) is 4.90. The number of nitrogens with one attached hydrogen (secondary N) is 1. The van der Waals surface area contributed by atoms with Gasteiger partial charge in [-0.2, -0.15) is 0 Å². The molecular formula is C59H115NO5. The van der Waals surface area contributed by atoms with Gasteiger partial charge in [0, 0.05) is 12.8 Å². The fourth-order valence-corrected chi connectivity index (χ4v) is 9.28. The number of ether oxygens (including phenoxy) is 1. The first-order chi connectivity index (χ1) is 32.0. The summed E-state index contributed by atoms with van der Waals surface area (Å²) in [5, 5.41) is 23.1. The molecule has 0 rings (SSSR count). The van der Waals surface area contributed by atoms with Crippen molar-refractivity contribution in [1.29, 1.82) is 0 Å². The Labute approximate surface area is 406 Å². The zero-order chi connectivity index (χ0) is 47.2. The van der Waals surface area contributed by atoms with Crippen molar-refractivity contribution in [2.24, 2.45) is 0 Å². The number of aliphatic hydroxyl groups excluding tert-OH is 2. The number of rotatable bonds is 55. The molecule has 2 atom stereocenters. The molecule has 0 aromatic rings. The molecule has 386 valence electrons. The van der Waals surface area contributed by atoms with E-state index in [1.54, 1.807) is 6.08 Å². The van der Waals surface area contributed by atoms with E-state index in [9.17, 15) is 19.8 Å². The highest BCUT2D eigenvalue weighted by Crippen LogP contribution is 2.17. The quantitative estimate of drug-likeness (QED) is 0.0321. The highest BCUT2D eigenvalue weighted by Gasteiger charge is 2.18. The largest absolute Gasteiger partial charge is 0.466 e. The van der Waals surface area contributed by atoms with E-state index >= 15 is 0 Å². The number of carbonyl (C=O) groups is 2. The number of hydrogen-bond acceptors (Lipinski definition) is 5. The molecule has 65 heavy (non-hydrogen) atoms. The third kappa shape index (κ3) is 51.8. The second kappa shape index (κ2) is 55.2. The summed E-state index contributed by atoms with van der Waals surface area (Å²) < 4.78 is 5.49. The van der Waals surface area contributed by atoms with E-state index in [4.69, 9.17) is 4.74 Å². The molecule has 0 aliphatic heterocycles. The molecule has 0 spiro atoms. The Balaban J connectivity index is 3.44. The molecule has 0 aromatic heterocycles. The molecule has 0 fully saturated rings.